The van der Waals surface area contributed by atoms with Gasteiger partial charge in [0.15, 0.2) is 0 Å². The molecule has 1 aliphatic heterocycles. The molecule has 3 unspecified atom stereocenters. The molecule has 2 aromatic rings. The number of benzene rings is 2. The molecule has 0 aromatic heterocycles. The Kier molecular flexibility index (Phi) is 6.03. The zero-order valence-electron chi connectivity index (χ0n) is 16.4. The highest BCUT2D eigenvalue weighted by Crippen LogP contribution is 2.48. The van der Waals surface area contributed by atoms with Crippen LogP contribution in [0.1, 0.15) is 48.4 Å². The van der Waals surface area contributed by atoms with Crippen LogP contribution in [0.4, 0.5) is 17.6 Å². The third kappa shape index (κ3) is 3.79. The Bertz CT molecular complexity index is 850. The van der Waals surface area contributed by atoms with Gasteiger partial charge in [0.25, 0.3) is 0 Å². The van der Waals surface area contributed by atoms with Gasteiger partial charge in [-0.15, -0.1) is 12.4 Å². The van der Waals surface area contributed by atoms with Crippen molar-refractivity contribution < 1.29 is 17.6 Å². The summed E-state index contributed by atoms with van der Waals surface area (Å²) >= 11 is 0. The van der Waals surface area contributed by atoms with E-state index in [2.05, 4.69) is 17.4 Å². The van der Waals surface area contributed by atoms with Gasteiger partial charge in [-0.05, 0) is 67.8 Å². The Labute approximate surface area is 175 Å². The third-order valence-corrected chi connectivity index (χ3v) is 6.64. The molecule has 3 atom stereocenters. The molecule has 2 aromatic carbocycles. The summed E-state index contributed by atoms with van der Waals surface area (Å²) < 4.78 is 54.1. The predicted molar refractivity (Wildman–Crippen MR) is 109 cm³/mol. The minimum absolute atomic E-state index is 0. The third-order valence-electron chi connectivity index (χ3n) is 6.64. The zero-order valence-corrected chi connectivity index (χ0v) is 17.2. The van der Waals surface area contributed by atoms with Crippen molar-refractivity contribution in [2.24, 2.45) is 0 Å². The van der Waals surface area contributed by atoms with Crippen LogP contribution in [-0.2, 0) is 23.9 Å². The molecule has 0 amide bonds. The molecule has 1 aliphatic carbocycles. The maximum atomic E-state index is 14.5. The molecule has 4 rings (SSSR count). The van der Waals surface area contributed by atoms with Gasteiger partial charge in [0.1, 0.15) is 0 Å². The number of aryl methyl sites for hydroxylation is 1. The highest BCUT2D eigenvalue weighted by atomic mass is 35.5. The second-order valence-electron chi connectivity index (χ2n) is 8.34. The zero-order chi connectivity index (χ0) is 20.0. The van der Waals surface area contributed by atoms with Crippen LogP contribution in [0.2, 0.25) is 0 Å². The summed E-state index contributed by atoms with van der Waals surface area (Å²) in [6.45, 7) is 1.58. The van der Waals surface area contributed by atoms with Crippen LogP contribution in [-0.4, -0.2) is 18.8 Å². The lowest BCUT2D eigenvalue weighted by atomic mass is 9.60. The number of fused-ring (bicyclic) bond motifs is 3. The second-order valence-corrected chi connectivity index (χ2v) is 8.34. The lowest BCUT2D eigenvalue weighted by molar-refractivity contribution is -0.228. The van der Waals surface area contributed by atoms with Crippen LogP contribution in [0.5, 0.6) is 0 Å². The monoisotopic (exact) mass is 427 g/mol. The fourth-order valence-corrected chi connectivity index (χ4v) is 5.06. The first kappa shape index (κ1) is 22.1. The van der Waals surface area contributed by atoms with Crippen molar-refractivity contribution in [2.45, 2.75) is 62.3 Å². The number of rotatable bonds is 3. The first-order valence-corrected chi connectivity index (χ1v) is 9.91. The SMILES string of the molecule is CC(F)(c1ccc2c(c1)CCC1NCCCC21Cc1ccccc1)C(F)(F)F.Cl. The van der Waals surface area contributed by atoms with Gasteiger partial charge in [0, 0.05) is 11.5 Å². The van der Waals surface area contributed by atoms with Crippen LogP contribution in [0.15, 0.2) is 48.5 Å². The lowest BCUT2D eigenvalue weighted by Gasteiger charge is -2.49. The topological polar surface area (TPSA) is 12.0 Å². The van der Waals surface area contributed by atoms with Gasteiger partial charge in [0.2, 0.25) is 5.67 Å². The van der Waals surface area contributed by atoms with Crippen molar-refractivity contribution in [3.05, 3.63) is 70.8 Å². The minimum atomic E-state index is -4.92. The average Bonchev–Trinajstić information content (AvgIpc) is 2.67. The van der Waals surface area contributed by atoms with Gasteiger partial charge in [-0.25, -0.2) is 4.39 Å². The largest absolute Gasteiger partial charge is 0.426 e. The highest BCUT2D eigenvalue weighted by molar-refractivity contribution is 5.85. The molecule has 2 aliphatic rings. The Hall–Kier alpha value is -1.59. The summed E-state index contributed by atoms with van der Waals surface area (Å²) in [5.41, 5.74) is -0.620. The molecule has 0 radical (unpaired) electrons. The van der Waals surface area contributed by atoms with Gasteiger partial charge in [-0.1, -0.05) is 48.5 Å². The molecule has 0 bridgehead atoms. The molecule has 158 valence electrons. The van der Waals surface area contributed by atoms with Gasteiger partial charge in [-0.3, -0.25) is 0 Å². The van der Waals surface area contributed by atoms with E-state index in [9.17, 15) is 17.6 Å². The van der Waals surface area contributed by atoms with Gasteiger partial charge >= 0.3 is 6.18 Å². The van der Waals surface area contributed by atoms with Crippen LogP contribution >= 0.6 is 12.4 Å². The quantitative estimate of drug-likeness (QED) is 0.589. The van der Waals surface area contributed by atoms with E-state index in [1.807, 2.05) is 18.2 Å². The van der Waals surface area contributed by atoms with E-state index in [0.717, 1.165) is 43.4 Å². The smallest absolute Gasteiger partial charge is 0.313 e. The van der Waals surface area contributed by atoms with E-state index in [-0.39, 0.29) is 23.4 Å². The lowest BCUT2D eigenvalue weighted by Crippen LogP contribution is -2.56. The maximum Gasteiger partial charge on any atom is 0.426 e. The molecule has 0 saturated carbocycles. The van der Waals surface area contributed by atoms with Gasteiger partial charge < -0.3 is 5.32 Å². The first-order valence-electron chi connectivity index (χ1n) is 9.91. The Morgan fingerprint density at radius 1 is 1.07 bits per heavy atom. The molecule has 1 saturated heterocycles. The summed E-state index contributed by atoms with van der Waals surface area (Å²) in [5.74, 6) is 0. The number of piperidine rings is 1. The Morgan fingerprint density at radius 3 is 2.48 bits per heavy atom. The highest BCUT2D eigenvalue weighted by Gasteiger charge is 2.54. The van der Waals surface area contributed by atoms with Crippen molar-refractivity contribution in [3.63, 3.8) is 0 Å². The number of nitrogens with one attached hydrogen (secondary N) is 1. The van der Waals surface area contributed by atoms with Crippen molar-refractivity contribution in [3.8, 4) is 0 Å². The number of hydrogen-bond donors (Lipinski definition) is 1. The van der Waals surface area contributed by atoms with E-state index >= 15 is 0 Å². The summed E-state index contributed by atoms with van der Waals surface area (Å²) in [6, 6.07) is 15.1. The van der Waals surface area contributed by atoms with E-state index in [1.54, 1.807) is 6.07 Å². The van der Waals surface area contributed by atoms with Crippen molar-refractivity contribution in [1.82, 2.24) is 5.32 Å². The standard InChI is InChI=1S/C23H25F4N.ClH/c1-21(24,23(25,26)27)18-9-10-19-17(14-18)8-11-20-22(19,12-5-13-28-20)15-16-6-3-2-4-7-16;/h2-4,6-7,9-10,14,20,28H,5,8,11-13,15H2,1H3;1H. The van der Waals surface area contributed by atoms with Crippen LogP contribution < -0.4 is 5.32 Å². The molecular formula is C23H26ClF4N. The average molecular weight is 428 g/mol. The van der Waals surface area contributed by atoms with E-state index < -0.39 is 11.8 Å². The van der Waals surface area contributed by atoms with Crippen molar-refractivity contribution >= 4 is 12.4 Å². The minimum Gasteiger partial charge on any atom is -0.313 e. The molecule has 1 fully saturated rings. The Morgan fingerprint density at radius 2 is 1.79 bits per heavy atom. The molecule has 6 heteroatoms. The second kappa shape index (κ2) is 7.92. The molecular weight excluding hydrogens is 402 g/mol. The van der Waals surface area contributed by atoms with E-state index in [4.69, 9.17) is 0 Å². The first-order chi connectivity index (χ1) is 13.2. The normalized spacial score (nSPS) is 25.9. The molecule has 0 spiro atoms. The summed E-state index contributed by atoms with van der Waals surface area (Å²) in [4.78, 5) is 0. The number of alkyl halides is 4. The van der Waals surface area contributed by atoms with Crippen molar-refractivity contribution in [1.29, 1.82) is 0 Å². The molecule has 1 heterocycles. The van der Waals surface area contributed by atoms with Crippen LogP contribution in [0.3, 0.4) is 0 Å². The number of halogens is 5. The fourth-order valence-electron chi connectivity index (χ4n) is 5.06. The summed E-state index contributed by atoms with van der Waals surface area (Å²) in [5, 5.41) is 3.64. The fraction of sp³-hybridized carbons (Fsp3) is 0.478. The van der Waals surface area contributed by atoms with Crippen molar-refractivity contribution in [2.75, 3.05) is 6.54 Å². The van der Waals surface area contributed by atoms with E-state index in [1.165, 1.54) is 17.7 Å². The summed E-state index contributed by atoms with van der Waals surface area (Å²) in [7, 11) is 0. The molecule has 1 N–H and O–H groups in total. The Balaban J connectivity index is 0.00000240. The van der Waals surface area contributed by atoms with Gasteiger partial charge in [0.05, 0.1) is 0 Å². The summed E-state index contributed by atoms with van der Waals surface area (Å²) in [6.07, 6.45) is -0.549. The van der Waals surface area contributed by atoms with Crippen LogP contribution in [0, 0.1) is 0 Å². The maximum absolute atomic E-state index is 14.5. The predicted octanol–water partition coefficient (Wildman–Crippen LogP) is 6.03. The van der Waals surface area contributed by atoms with Gasteiger partial charge in [-0.2, -0.15) is 13.2 Å². The molecule has 29 heavy (non-hydrogen) atoms. The van der Waals surface area contributed by atoms with Crippen LogP contribution in [0.25, 0.3) is 0 Å². The molecule has 1 nitrogen and oxygen atoms in total. The van der Waals surface area contributed by atoms with E-state index in [0.29, 0.717) is 19.4 Å². The number of hydrogen-bond acceptors (Lipinski definition) is 1.